The number of nitriles is 1. The fourth-order valence-electron chi connectivity index (χ4n) is 1.01. The van der Waals surface area contributed by atoms with Crippen molar-refractivity contribution in [1.29, 1.82) is 5.26 Å². The topological polar surface area (TPSA) is 33.0 Å². The van der Waals surface area contributed by atoms with Crippen LogP contribution in [0.5, 0.6) is 0 Å². The average Bonchev–Trinajstić information content (AvgIpc) is 2.30. The number of ether oxygens (including phenoxy) is 1. The molecule has 0 amide bonds. The van der Waals surface area contributed by atoms with Crippen LogP contribution in [-0.4, -0.2) is 10.7 Å². The van der Waals surface area contributed by atoms with Crippen LogP contribution in [-0.2, 0) is 4.74 Å². The summed E-state index contributed by atoms with van der Waals surface area (Å²) in [6.07, 6.45) is 0.608. The number of hydrogen-bond acceptors (Lipinski definition) is 3. The molecule has 1 rings (SSSR count). The van der Waals surface area contributed by atoms with Gasteiger partial charge >= 0.3 is 0 Å². The van der Waals surface area contributed by atoms with E-state index in [9.17, 15) is 0 Å². The van der Waals surface area contributed by atoms with Crippen molar-refractivity contribution in [3.8, 4) is 6.07 Å². The Balaban J connectivity index is 2.77. The van der Waals surface area contributed by atoms with Crippen molar-refractivity contribution in [3.05, 3.63) is 35.9 Å². The van der Waals surface area contributed by atoms with Crippen LogP contribution in [0.1, 0.15) is 25.8 Å². The Labute approximate surface area is 95.5 Å². The standard InChI is InChI=1S/C12H13NOS/c1-3-12(2,9-13)14-11(15)10-7-5-4-6-8-10/h4-8H,3H2,1-2H3. The Kier molecular flexibility index (Phi) is 3.81. The summed E-state index contributed by atoms with van der Waals surface area (Å²) >= 11 is 5.13. The number of rotatable bonds is 3. The van der Waals surface area contributed by atoms with Gasteiger partial charge in [0, 0.05) is 5.56 Å². The van der Waals surface area contributed by atoms with Crippen molar-refractivity contribution in [2.24, 2.45) is 0 Å². The number of thiocarbonyl (C=S) groups is 1. The molecule has 0 bridgehead atoms. The largest absolute Gasteiger partial charge is 0.462 e. The maximum absolute atomic E-state index is 8.95. The zero-order valence-electron chi connectivity index (χ0n) is 8.86. The van der Waals surface area contributed by atoms with Crippen LogP contribution < -0.4 is 0 Å². The van der Waals surface area contributed by atoms with Gasteiger partial charge in [0.1, 0.15) is 6.07 Å². The van der Waals surface area contributed by atoms with Crippen LogP contribution in [0.25, 0.3) is 0 Å². The zero-order chi connectivity index (χ0) is 11.3. The van der Waals surface area contributed by atoms with Crippen LogP contribution in [0, 0.1) is 11.3 Å². The lowest BCUT2D eigenvalue weighted by atomic mass is 10.1. The molecular formula is C12H13NOS. The molecule has 1 atom stereocenters. The summed E-state index contributed by atoms with van der Waals surface area (Å²) in [5.74, 6) is 0. The van der Waals surface area contributed by atoms with Gasteiger partial charge < -0.3 is 4.74 Å². The SMILES string of the molecule is CCC(C)(C#N)OC(=S)c1ccccc1. The molecule has 0 radical (unpaired) electrons. The van der Waals surface area contributed by atoms with Gasteiger partial charge in [0.2, 0.25) is 0 Å². The highest BCUT2D eigenvalue weighted by Gasteiger charge is 2.24. The molecule has 0 saturated heterocycles. The normalized spacial score (nSPS) is 13.7. The zero-order valence-corrected chi connectivity index (χ0v) is 9.67. The molecule has 15 heavy (non-hydrogen) atoms. The van der Waals surface area contributed by atoms with Gasteiger partial charge in [0.15, 0.2) is 10.7 Å². The molecule has 0 spiro atoms. The summed E-state index contributed by atoms with van der Waals surface area (Å²) in [4.78, 5) is 0. The highest BCUT2D eigenvalue weighted by atomic mass is 32.1. The predicted molar refractivity (Wildman–Crippen MR) is 63.5 cm³/mol. The van der Waals surface area contributed by atoms with Gasteiger partial charge in [0.05, 0.1) is 0 Å². The molecule has 1 aromatic rings. The van der Waals surface area contributed by atoms with Crippen molar-refractivity contribution >= 4 is 17.3 Å². The molecule has 0 fully saturated rings. The van der Waals surface area contributed by atoms with Crippen LogP contribution in [0.15, 0.2) is 30.3 Å². The molecule has 1 unspecified atom stereocenters. The maximum atomic E-state index is 8.95. The van der Waals surface area contributed by atoms with Crippen LogP contribution >= 0.6 is 12.2 Å². The van der Waals surface area contributed by atoms with Gasteiger partial charge in [-0.15, -0.1) is 0 Å². The predicted octanol–water partition coefficient (Wildman–Crippen LogP) is 3.07. The minimum absolute atomic E-state index is 0.376. The van der Waals surface area contributed by atoms with E-state index in [2.05, 4.69) is 6.07 Å². The first-order chi connectivity index (χ1) is 7.11. The van der Waals surface area contributed by atoms with E-state index in [0.29, 0.717) is 11.5 Å². The Bertz CT molecular complexity index is 382. The van der Waals surface area contributed by atoms with E-state index in [4.69, 9.17) is 22.2 Å². The van der Waals surface area contributed by atoms with E-state index in [1.54, 1.807) is 6.92 Å². The summed E-state index contributed by atoms with van der Waals surface area (Å²) in [6, 6.07) is 11.6. The molecule has 78 valence electrons. The molecular weight excluding hydrogens is 206 g/mol. The van der Waals surface area contributed by atoms with Crippen LogP contribution in [0.3, 0.4) is 0 Å². The minimum atomic E-state index is -0.826. The molecule has 0 aromatic heterocycles. The number of nitrogens with zero attached hydrogens (tertiary/aromatic N) is 1. The van der Waals surface area contributed by atoms with E-state index in [1.165, 1.54) is 0 Å². The lowest BCUT2D eigenvalue weighted by Crippen LogP contribution is -2.28. The molecule has 2 nitrogen and oxygen atoms in total. The van der Waals surface area contributed by atoms with Crippen LogP contribution in [0.2, 0.25) is 0 Å². The van der Waals surface area contributed by atoms with Gasteiger partial charge in [-0.05, 0) is 25.6 Å². The van der Waals surface area contributed by atoms with Gasteiger partial charge in [-0.2, -0.15) is 5.26 Å². The first kappa shape index (κ1) is 11.7. The summed E-state index contributed by atoms with van der Waals surface area (Å²) in [5, 5.41) is 9.32. The first-order valence-corrected chi connectivity index (χ1v) is 5.22. The Morgan fingerprint density at radius 2 is 2.07 bits per heavy atom. The Morgan fingerprint density at radius 3 is 2.53 bits per heavy atom. The molecule has 0 aliphatic heterocycles. The van der Waals surface area contributed by atoms with Crippen molar-refractivity contribution in [3.63, 3.8) is 0 Å². The monoisotopic (exact) mass is 219 g/mol. The van der Waals surface area contributed by atoms with E-state index in [-0.39, 0.29) is 0 Å². The van der Waals surface area contributed by atoms with E-state index in [0.717, 1.165) is 5.56 Å². The second-order valence-corrected chi connectivity index (χ2v) is 3.82. The third-order valence-electron chi connectivity index (χ3n) is 2.24. The Hall–Kier alpha value is -1.40. The highest BCUT2D eigenvalue weighted by Crippen LogP contribution is 2.17. The lowest BCUT2D eigenvalue weighted by molar-refractivity contribution is 0.136. The van der Waals surface area contributed by atoms with E-state index in [1.807, 2.05) is 37.3 Å². The lowest BCUT2D eigenvalue weighted by Gasteiger charge is -2.21. The fourth-order valence-corrected chi connectivity index (χ4v) is 1.33. The fraction of sp³-hybridized carbons (Fsp3) is 0.333. The highest BCUT2D eigenvalue weighted by molar-refractivity contribution is 7.80. The molecule has 1 aromatic carbocycles. The van der Waals surface area contributed by atoms with E-state index < -0.39 is 5.60 Å². The van der Waals surface area contributed by atoms with E-state index >= 15 is 0 Å². The van der Waals surface area contributed by atoms with Crippen molar-refractivity contribution in [2.75, 3.05) is 0 Å². The summed E-state index contributed by atoms with van der Waals surface area (Å²) in [7, 11) is 0. The van der Waals surface area contributed by atoms with Gasteiger partial charge in [0.25, 0.3) is 0 Å². The molecule has 0 aliphatic rings. The minimum Gasteiger partial charge on any atom is -0.462 e. The maximum Gasteiger partial charge on any atom is 0.193 e. The smallest absolute Gasteiger partial charge is 0.193 e. The van der Waals surface area contributed by atoms with Crippen LogP contribution in [0.4, 0.5) is 0 Å². The van der Waals surface area contributed by atoms with Gasteiger partial charge in [-0.3, -0.25) is 0 Å². The molecule has 0 heterocycles. The number of hydrogen-bond donors (Lipinski definition) is 0. The number of benzene rings is 1. The molecule has 3 heteroatoms. The third-order valence-corrected chi connectivity index (χ3v) is 2.56. The van der Waals surface area contributed by atoms with Crippen molar-refractivity contribution < 1.29 is 4.74 Å². The van der Waals surface area contributed by atoms with Crippen molar-refractivity contribution in [2.45, 2.75) is 25.9 Å². The average molecular weight is 219 g/mol. The van der Waals surface area contributed by atoms with Gasteiger partial charge in [-0.25, -0.2) is 0 Å². The summed E-state index contributed by atoms with van der Waals surface area (Å²) < 4.78 is 5.49. The first-order valence-electron chi connectivity index (χ1n) is 4.81. The van der Waals surface area contributed by atoms with Crippen molar-refractivity contribution in [1.82, 2.24) is 0 Å². The second-order valence-electron chi connectivity index (χ2n) is 3.45. The quantitative estimate of drug-likeness (QED) is 0.732. The second kappa shape index (κ2) is 4.90. The summed E-state index contributed by atoms with van der Waals surface area (Å²) in [6.45, 7) is 3.64. The molecule has 0 saturated carbocycles. The Morgan fingerprint density at radius 1 is 1.47 bits per heavy atom. The summed E-state index contributed by atoms with van der Waals surface area (Å²) in [5.41, 5.74) is 0.00912. The molecule has 0 N–H and O–H groups in total. The molecule has 0 aliphatic carbocycles. The van der Waals surface area contributed by atoms with Gasteiger partial charge in [-0.1, -0.05) is 37.3 Å². The third kappa shape index (κ3) is 3.03.